The van der Waals surface area contributed by atoms with Crippen LogP contribution in [0.1, 0.15) is 42.5 Å². The van der Waals surface area contributed by atoms with Crippen LogP contribution in [0.3, 0.4) is 0 Å². The quantitative estimate of drug-likeness (QED) is 0.522. The van der Waals surface area contributed by atoms with Crippen LogP contribution in [0.5, 0.6) is 0 Å². The van der Waals surface area contributed by atoms with Gasteiger partial charge in [-0.1, -0.05) is 19.3 Å². The third-order valence-corrected chi connectivity index (χ3v) is 3.89. The third-order valence-electron chi connectivity index (χ3n) is 3.89. The second kappa shape index (κ2) is 5.90. The van der Waals surface area contributed by atoms with Crippen LogP contribution in [0, 0.1) is 10.1 Å². The van der Waals surface area contributed by atoms with Gasteiger partial charge in [0.2, 0.25) is 0 Å². The number of nitro benzene ring substituents is 1. The Morgan fingerprint density at radius 3 is 2.60 bits per heavy atom. The number of hydrogen-bond donors (Lipinski definition) is 1. The zero-order chi connectivity index (χ0) is 14.7. The Bertz CT molecular complexity index is 524. The van der Waals surface area contributed by atoms with Crippen molar-refractivity contribution in [1.82, 2.24) is 4.90 Å². The van der Waals surface area contributed by atoms with E-state index in [0.29, 0.717) is 5.69 Å². The number of rotatable bonds is 3. The SMILES string of the molecule is CN(C(=O)c1cc(N)ccc1[N+](=O)[O-])C1CCCCC1. The van der Waals surface area contributed by atoms with Crippen LogP contribution in [-0.4, -0.2) is 28.8 Å². The molecule has 0 aromatic heterocycles. The molecule has 1 aliphatic rings. The summed E-state index contributed by atoms with van der Waals surface area (Å²) in [6.07, 6.45) is 5.30. The van der Waals surface area contributed by atoms with E-state index in [-0.39, 0.29) is 23.2 Å². The van der Waals surface area contributed by atoms with E-state index in [1.807, 2.05) is 0 Å². The molecule has 6 nitrogen and oxygen atoms in total. The van der Waals surface area contributed by atoms with Crippen LogP contribution < -0.4 is 5.73 Å². The molecule has 0 unspecified atom stereocenters. The molecule has 0 heterocycles. The van der Waals surface area contributed by atoms with Crippen molar-refractivity contribution >= 4 is 17.3 Å². The molecule has 1 amide bonds. The minimum Gasteiger partial charge on any atom is -0.399 e. The lowest BCUT2D eigenvalue weighted by Crippen LogP contribution is -2.38. The first kappa shape index (κ1) is 14.3. The summed E-state index contributed by atoms with van der Waals surface area (Å²) < 4.78 is 0. The largest absolute Gasteiger partial charge is 0.399 e. The Hall–Kier alpha value is -2.11. The van der Waals surface area contributed by atoms with E-state index in [4.69, 9.17) is 5.73 Å². The predicted molar refractivity (Wildman–Crippen MR) is 76.5 cm³/mol. The van der Waals surface area contributed by atoms with Crippen molar-refractivity contribution < 1.29 is 9.72 Å². The van der Waals surface area contributed by atoms with Crippen LogP contribution in [0.15, 0.2) is 18.2 Å². The fourth-order valence-corrected chi connectivity index (χ4v) is 2.71. The van der Waals surface area contributed by atoms with Crippen molar-refractivity contribution in [2.75, 3.05) is 12.8 Å². The summed E-state index contributed by atoms with van der Waals surface area (Å²) in [4.78, 5) is 24.6. The highest BCUT2D eigenvalue weighted by Crippen LogP contribution is 2.26. The fraction of sp³-hybridized carbons (Fsp3) is 0.500. The Kier molecular flexibility index (Phi) is 4.22. The maximum Gasteiger partial charge on any atom is 0.282 e. The van der Waals surface area contributed by atoms with Crippen molar-refractivity contribution in [1.29, 1.82) is 0 Å². The molecule has 0 bridgehead atoms. The standard InChI is InChI=1S/C14H19N3O3/c1-16(11-5-3-2-4-6-11)14(18)12-9-10(15)7-8-13(12)17(19)20/h7-9,11H,2-6,15H2,1H3. The number of anilines is 1. The lowest BCUT2D eigenvalue weighted by molar-refractivity contribution is -0.385. The van der Waals surface area contributed by atoms with Crippen molar-refractivity contribution in [3.63, 3.8) is 0 Å². The van der Waals surface area contributed by atoms with Crippen molar-refractivity contribution in [3.8, 4) is 0 Å². The van der Waals surface area contributed by atoms with Gasteiger partial charge in [-0.3, -0.25) is 14.9 Å². The zero-order valence-electron chi connectivity index (χ0n) is 11.5. The maximum absolute atomic E-state index is 12.5. The van der Waals surface area contributed by atoms with E-state index in [1.165, 1.54) is 24.6 Å². The molecule has 108 valence electrons. The Balaban J connectivity index is 2.27. The van der Waals surface area contributed by atoms with Gasteiger partial charge < -0.3 is 10.6 Å². The number of nitrogens with two attached hydrogens (primary N) is 1. The molecule has 0 radical (unpaired) electrons. The highest BCUT2D eigenvalue weighted by atomic mass is 16.6. The van der Waals surface area contributed by atoms with Gasteiger partial charge in [-0.2, -0.15) is 0 Å². The van der Waals surface area contributed by atoms with Gasteiger partial charge in [-0.05, 0) is 25.0 Å². The number of carbonyl (C=O) groups excluding carboxylic acids is 1. The predicted octanol–water partition coefficient (Wildman–Crippen LogP) is 2.58. The molecule has 1 aromatic rings. The highest BCUT2D eigenvalue weighted by molar-refractivity contribution is 5.99. The average molecular weight is 277 g/mol. The molecule has 6 heteroatoms. The van der Waals surface area contributed by atoms with Gasteiger partial charge >= 0.3 is 0 Å². The first-order valence-corrected chi connectivity index (χ1v) is 6.82. The first-order chi connectivity index (χ1) is 9.50. The van der Waals surface area contributed by atoms with Crippen molar-refractivity contribution in [3.05, 3.63) is 33.9 Å². The average Bonchev–Trinajstić information content (AvgIpc) is 2.46. The lowest BCUT2D eigenvalue weighted by atomic mass is 9.94. The summed E-state index contributed by atoms with van der Waals surface area (Å²) in [5.74, 6) is -0.323. The number of carbonyl (C=O) groups is 1. The van der Waals surface area contributed by atoms with Gasteiger partial charge in [0.15, 0.2) is 0 Å². The molecule has 0 aliphatic heterocycles. The highest BCUT2D eigenvalue weighted by Gasteiger charge is 2.28. The molecule has 1 aromatic carbocycles. The molecule has 0 atom stereocenters. The van der Waals surface area contributed by atoms with Crippen LogP contribution in [0.25, 0.3) is 0 Å². The number of benzene rings is 1. The minimum absolute atomic E-state index is 0.0723. The summed E-state index contributed by atoms with van der Waals surface area (Å²) in [5, 5.41) is 11.0. The summed E-state index contributed by atoms with van der Waals surface area (Å²) in [5.41, 5.74) is 5.89. The lowest BCUT2D eigenvalue weighted by Gasteiger charge is -2.31. The number of hydrogen-bond acceptors (Lipinski definition) is 4. The van der Waals surface area contributed by atoms with Crippen LogP contribution in [-0.2, 0) is 0 Å². The van der Waals surface area contributed by atoms with Gasteiger partial charge in [-0.25, -0.2) is 0 Å². The zero-order valence-corrected chi connectivity index (χ0v) is 11.5. The van der Waals surface area contributed by atoms with Crippen LogP contribution in [0.2, 0.25) is 0 Å². The molecular weight excluding hydrogens is 258 g/mol. The van der Waals surface area contributed by atoms with Crippen LogP contribution in [0.4, 0.5) is 11.4 Å². The molecule has 1 saturated carbocycles. The monoisotopic (exact) mass is 277 g/mol. The molecule has 1 fully saturated rings. The minimum atomic E-state index is -0.540. The molecule has 0 saturated heterocycles. The van der Waals surface area contributed by atoms with Crippen LogP contribution >= 0.6 is 0 Å². The van der Waals surface area contributed by atoms with Gasteiger partial charge in [0.1, 0.15) is 5.56 Å². The Labute approximate surface area is 117 Å². The molecule has 1 aliphatic carbocycles. The van der Waals surface area contributed by atoms with E-state index in [9.17, 15) is 14.9 Å². The van der Waals surface area contributed by atoms with Gasteiger partial charge in [-0.15, -0.1) is 0 Å². The van der Waals surface area contributed by atoms with Gasteiger partial charge in [0.05, 0.1) is 4.92 Å². The molecule has 2 N–H and O–H groups in total. The third kappa shape index (κ3) is 2.89. The maximum atomic E-state index is 12.5. The van der Waals surface area contributed by atoms with Gasteiger partial charge in [0.25, 0.3) is 11.6 Å². The van der Waals surface area contributed by atoms with Gasteiger partial charge in [0, 0.05) is 24.8 Å². The number of nitro groups is 1. The second-order valence-electron chi connectivity index (χ2n) is 5.24. The molecule has 0 spiro atoms. The van der Waals surface area contributed by atoms with Crippen molar-refractivity contribution in [2.45, 2.75) is 38.1 Å². The Morgan fingerprint density at radius 2 is 2.00 bits per heavy atom. The number of nitrogen functional groups attached to an aromatic ring is 1. The van der Waals surface area contributed by atoms with Crippen molar-refractivity contribution in [2.24, 2.45) is 0 Å². The van der Waals surface area contributed by atoms with E-state index in [2.05, 4.69) is 0 Å². The normalized spacial score (nSPS) is 15.8. The van der Waals surface area contributed by atoms with E-state index in [0.717, 1.165) is 25.7 Å². The first-order valence-electron chi connectivity index (χ1n) is 6.82. The molecule has 20 heavy (non-hydrogen) atoms. The van der Waals surface area contributed by atoms with E-state index < -0.39 is 4.92 Å². The number of amides is 1. The van der Waals surface area contributed by atoms with E-state index in [1.54, 1.807) is 11.9 Å². The topological polar surface area (TPSA) is 89.5 Å². The summed E-state index contributed by atoms with van der Waals surface area (Å²) >= 11 is 0. The summed E-state index contributed by atoms with van der Waals surface area (Å²) in [7, 11) is 1.71. The smallest absolute Gasteiger partial charge is 0.282 e. The Morgan fingerprint density at radius 1 is 1.35 bits per heavy atom. The molecule has 2 rings (SSSR count). The summed E-state index contributed by atoms with van der Waals surface area (Å²) in [6.45, 7) is 0. The molecular formula is C14H19N3O3. The second-order valence-corrected chi connectivity index (χ2v) is 5.24. The fourth-order valence-electron chi connectivity index (χ4n) is 2.71. The summed E-state index contributed by atoms with van der Waals surface area (Å²) in [6, 6.07) is 4.28. The van der Waals surface area contributed by atoms with E-state index >= 15 is 0 Å². The number of nitrogens with zero attached hydrogens (tertiary/aromatic N) is 2.